The summed E-state index contributed by atoms with van der Waals surface area (Å²) in [6.45, 7) is 1.20. The zero-order valence-electron chi connectivity index (χ0n) is 8.07. The molecule has 1 saturated heterocycles. The Morgan fingerprint density at radius 1 is 1.57 bits per heavy atom. The number of aryl methyl sites for hydroxylation is 1. The van der Waals surface area contributed by atoms with E-state index in [-0.39, 0.29) is 12.6 Å². The number of aliphatic hydroxyl groups excluding tert-OH is 1. The Morgan fingerprint density at radius 3 is 3.21 bits per heavy atom. The van der Waals surface area contributed by atoms with Gasteiger partial charge in [0.05, 0.1) is 6.04 Å². The lowest BCUT2D eigenvalue weighted by molar-refractivity contribution is 0.278. The van der Waals surface area contributed by atoms with Gasteiger partial charge in [-0.3, -0.25) is 0 Å². The summed E-state index contributed by atoms with van der Waals surface area (Å²) in [4.78, 5) is 4.28. The first-order valence-electron chi connectivity index (χ1n) is 5.07. The van der Waals surface area contributed by atoms with Crippen molar-refractivity contribution in [3.05, 3.63) is 11.7 Å². The van der Waals surface area contributed by atoms with Crippen LogP contribution in [0.25, 0.3) is 0 Å². The standard InChI is InChI=1S/C9H15N3O2/c13-6-2-4-8-11-9(12-14-8)7-3-1-5-10-7/h7,10,13H,1-6H2. The quantitative estimate of drug-likeness (QED) is 0.732. The lowest BCUT2D eigenvalue weighted by Gasteiger charge is -2.01. The van der Waals surface area contributed by atoms with E-state index in [1.807, 2.05) is 0 Å². The molecule has 5 nitrogen and oxygen atoms in total. The molecule has 1 aliphatic rings. The fraction of sp³-hybridized carbons (Fsp3) is 0.778. The summed E-state index contributed by atoms with van der Waals surface area (Å²) in [5.74, 6) is 1.39. The average Bonchev–Trinajstić information content (AvgIpc) is 2.85. The summed E-state index contributed by atoms with van der Waals surface area (Å²) in [7, 11) is 0. The molecule has 1 aromatic rings. The molecule has 0 radical (unpaired) electrons. The molecule has 0 spiro atoms. The Hall–Kier alpha value is -0.940. The van der Waals surface area contributed by atoms with Crippen LogP contribution in [0.15, 0.2) is 4.52 Å². The van der Waals surface area contributed by atoms with Gasteiger partial charge >= 0.3 is 0 Å². The van der Waals surface area contributed by atoms with Crippen LogP contribution >= 0.6 is 0 Å². The number of hydrogen-bond donors (Lipinski definition) is 2. The van der Waals surface area contributed by atoms with Crippen LogP contribution in [0.4, 0.5) is 0 Å². The van der Waals surface area contributed by atoms with Crippen molar-refractivity contribution in [2.24, 2.45) is 0 Å². The average molecular weight is 197 g/mol. The van der Waals surface area contributed by atoms with Gasteiger partial charge in [-0.15, -0.1) is 0 Å². The van der Waals surface area contributed by atoms with E-state index in [0.29, 0.717) is 18.7 Å². The number of aliphatic hydroxyl groups is 1. The van der Waals surface area contributed by atoms with E-state index in [4.69, 9.17) is 9.63 Å². The van der Waals surface area contributed by atoms with Gasteiger partial charge in [-0.1, -0.05) is 5.16 Å². The number of hydrogen-bond acceptors (Lipinski definition) is 5. The van der Waals surface area contributed by atoms with Crippen LogP contribution in [0.5, 0.6) is 0 Å². The molecule has 2 N–H and O–H groups in total. The van der Waals surface area contributed by atoms with Gasteiger partial charge in [0.2, 0.25) is 5.89 Å². The molecular weight excluding hydrogens is 182 g/mol. The zero-order valence-corrected chi connectivity index (χ0v) is 8.07. The Bertz CT molecular complexity index is 281. The number of nitrogens with one attached hydrogen (secondary N) is 1. The molecule has 0 aromatic carbocycles. The topological polar surface area (TPSA) is 71.2 Å². The highest BCUT2D eigenvalue weighted by Crippen LogP contribution is 2.20. The molecule has 1 unspecified atom stereocenters. The van der Waals surface area contributed by atoms with Crippen molar-refractivity contribution in [3.8, 4) is 0 Å². The molecule has 1 fully saturated rings. The highest BCUT2D eigenvalue weighted by molar-refractivity contribution is 4.96. The molecule has 14 heavy (non-hydrogen) atoms. The van der Waals surface area contributed by atoms with Crippen LogP contribution in [0, 0.1) is 0 Å². The van der Waals surface area contributed by atoms with Gasteiger partial charge in [0.1, 0.15) is 0 Å². The third-order valence-electron chi connectivity index (χ3n) is 2.40. The Morgan fingerprint density at radius 2 is 2.50 bits per heavy atom. The monoisotopic (exact) mass is 197 g/mol. The second kappa shape index (κ2) is 4.52. The summed E-state index contributed by atoms with van der Waals surface area (Å²) >= 11 is 0. The minimum absolute atomic E-state index is 0.166. The summed E-state index contributed by atoms with van der Waals surface area (Å²) in [6.07, 6.45) is 3.60. The van der Waals surface area contributed by atoms with Crippen molar-refractivity contribution in [1.29, 1.82) is 0 Å². The van der Waals surface area contributed by atoms with E-state index in [9.17, 15) is 0 Å². The van der Waals surface area contributed by atoms with Gasteiger partial charge in [-0.05, 0) is 25.8 Å². The summed E-state index contributed by atoms with van der Waals surface area (Å²) in [5, 5.41) is 15.9. The van der Waals surface area contributed by atoms with E-state index in [1.165, 1.54) is 6.42 Å². The molecule has 0 aliphatic carbocycles. The largest absolute Gasteiger partial charge is 0.396 e. The maximum absolute atomic E-state index is 8.64. The van der Waals surface area contributed by atoms with Crippen LogP contribution < -0.4 is 5.32 Å². The maximum Gasteiger partial charge on any atom is 0.226 e. The molecule has 1 atom stereocenters. The molecule has 0 saturated carbocycles. The molecule has 2 heterocycles. The highest BCUT2D eigenvalue weighted by Gasteiger charge is 2.21. The van der Waals surface area contributed by atoms with Gasteiger partial charge in [-0.25, -0.2) is 0 Å². The first-order chi connectivity index (χ1) is 6.90. The van der Waals surface area contributed by atoms with Crippen molar-refractivity contribution in [3.63, 3.8) is 0 Å². The van der Waals surface area contributed by atoms with Crippen molar-refractivity contribution >= 4 is 0 Å². The van der Waals surface area contributed by atoms with Gasteiger partial charge in [0, 0.05) is 13.0 Å². The van der Waals surface area contributed by atoms with Gasteiger partial charge < -0.3 is 14.9 Å². The third-order valence-corrected chi connectivity index (χ3v) is 2.40. The zero-order chi connectivity index (χ0) is 9.80. The molecule has 1 aliphatic heterocycles. The van der Waals surface area contributed by atoms with E-state index in [0.717, 1.165) is 18.8 Å². The fourth-order valence-corrected chi connectivity index (χ4v) is 1.65. The van der Waals surface area contributed by atoms with Crippen molar-refractivity contribution in [2.45, 2.75) is 31.7 Å². The Kier molecular flexibility index (Phi) is 3.10. The minimum atomic E-state index is 0.166. The van der Waals surface area contributed by atoms with E-state index in [2.05, 4.69) is 15.5 Å². The van der Waals surface area contributed by atoms with Crippen LogP contribution in [0.2, 0.25) is 0 Å². The first kappa shape index (κ1) is 9.61. The fourth-order valence-electron chi connectivity index (χ4n) is 1.65. The van der Waals surface area contributed by atoms with Crippen LogP contribution in [0.1, 0.15) is 37.0 Å². The smallest absolute Gasteiger partial charge is 0.226 e. The molecule has 1 aromatic heterocycles. The molecule has 0 amide bonds. The molecule has 78 valence electrons. The lowest BCUT2D eigenvalue weighted by atomic mass is 10.2. The Labute approximate surface area is 82.5 Å². The predicted molar refractivity (Wildman–Crippen MR) is 49.7 cm³/mol. The normalized spacial score (nSPS) is 21.6. The minimum Gasteiger partial charge on any atom is -0.396 e. The maximum atomic E-state index is 8.64. The number of aromatic nitrogens is 2. The van der Waals surface area contributed by atoms with Crippen LogP contribution in [-0.4, -0.2) is 28.4 Å². The van der Waals surface area contributed by atoms with Gasteiger partial charge in [0.15, 0.2) is 5.82 Å². The molecule has 5 heteroatoms. The van der Waals surface area contributed by atoms with Crippen molar-refractivity contribution in [2.75, 3.05) is 13.2 Å². The molecule has 0 bridgehead atoms. The predicted octanol–water partition coefficient (Wildman–Crippen LogP) is 0.419. The second-order valence-corrected chi connectivity index (χ2v) is 3.52. The van der Waals surface area contributed by atoms with E-state index >= 15 is 0 Å². The molecular formula is C9H15N3O2. The number of rotatable bonds is 4. The summed E-state index contributed by atoms with van der Waals surface area (Å²) in [5.41, 5.74) is 0. The van der Waals surface area contributed by atoms with Gasteiger partial charge in [0.25, 0.3) is 0 Å². The van der Waals surface area contributed by atoms with E-state index < -0.39 is 0 Å². The molecule has 2 rings (SSSR count). The van der Waals surface area contributed by atoms with E-state index in [1.54, 1.807) is 0 Å². The highest BCUT2D eigenvalue weighted by atomic mass is 16.5. The summed E-state index contributed by atoms with van der Waals surface area (Å²) < 4.78 is 5.07. The van der Waals surface area contributed by atoms with Gasteiger partial charge in [-0.2, -0.15) is 4.98 Å². The summed E-state index contributed by atoms with van der Waals surface area (Å²) in [6, 6.07) is 0.265. The second-order valence-electron chi connectivity index (χ2n) is 3.52. The van der Waals surface area contributed by atoms with Crippen molar-refractivity contribution < 1.29 is 9.63 Å². The number of nitrogens with zero attached hydrogens (tertiary/aromatic N) is 2. The lowest BCUT2D eigenvalue weighted by Crippen LogP contribution is -2.14. The van der Waals surface area contributed by atoms with Crippen LogP contribution in [0.3, 0.4) is 0 Å². The van der Waals surface area contributed by atoms with Crippen LogP contribution in [-0.2, 0) is 6.42 Å². The van der Waals surface area contributed by atoms with Crippen molar-refractivity contribution in [1.82, 2.24) is 15.5 Å². The third kappa shape index (κ3) is 2.10. The first-order valence-corrected chi connectivity index (χ1v) is 5.07. The Balaban J connectivity index is 1.94. The SMILES string of the molecule is OCCCc1nc(C2CCCN2)no1.